The zero-order valence-electron chi connectivity index (χ0n) is 20.4. The van der Waals surface area contributed by atoms with Crippen molar-refractivity contribution in [3.8, 4) is 0 Å². The summed E-state index contributed by atoms with van der Waals surface area (Å²) in [7, 11) is 1.61. The second kappa shape index (κ2) is 14.2. The summed E-state index contributed by atoms with van der Waals surface area (Å²) in [6, 6.07) is 7.36. The van der Waals surface area contributed by atoms with Crippen molar-refractivity contribution in [3.63, 3.8) is 0 Å². The average Bonchev–Trinajstić information content (AvgIpc) is 2.73. The van der Waals surface area contributed by atoms with E-state index in [1.165, 1.54) is 0 Å². The van der Waals surface area contributed by atoms with Gasteiger partial charge in [-0.1, -0.05) is 26.0 Å². The molecular weight excluding hydrogens is 521 g/mol. The lowest BCUT2D eigenvalue weighted by Crippen LogP contribution is -2.57. The number of amides is 2. The second-order valence-electron chi connectivity index (χ2n) is 8.44. The zero-order chi connectivity index (χ0) is 23.5. The molecule has 1 aromatic carbocycles. The van der Waals surface area contributed by atoms with Gasteiger partial charge in [0.25, 0.3) is 5.91 Å². The molecule has 2 amide bonds. The maximum atomic E-state index is 12.3. The van der Waals surface area contributed by atoms with Gasteiger partial charge in [-0.3, -0.25) is 4.79 Å². The van der Waals surface area contributed by atoms with Gasteiger partial charge in [0.2, 0.25) is 0 Å². The van der Waals surface area contributed by atoms with Crippen molar-refractivity contribution in [2.75, 3.05) is 20.1 Å². The van der Waals surface area contributed by atoms with Gasteiger partial charge < -0.3 is 26.0 Å². The molecule has 0 spiro atoms. The van der Waals surface area contributed by atoms with Crippen LogP contribution in [-0.2, 0) is 11.3 Å². The molecule has 0 aliphatic rings. The minimum atomic E-state index is -0.547. The summed E-state index contributed by atoms with van der Waals surface area (Å²) in [6.45, 7) is 13.3. The van der Waals surface area contributed by atoms with Crippen LogP contribution in [0.25, 0.3) is 0 Å². The Morgan fingerprint density at radius 2 is 1.59 bits per heavy atom. The lowest BCUT2D eigenvalue weighted by molar-refractivity contribution is 0.0448. The fourth-order valence-electron chi connectivity index (χ4n) is 2.91. The van der Waals surface area contributed by atoms with E-state index >= 15 is 0 Å². The number of benzene rings is 1. The number of alkyl carbamates (subject to hydrolysis) is 1. The first-order chi connectivity index (χ1) is 14.6. The van der Waals surface area contributed by atoms with Crippen molar-refractivity contribution in [1.82, 2.24) is 21.3 Å². The first-order valence-corrected chi connectivity index (χ1v) is 10.9. The van der Waals surface area contributed by atoms with E-state index in [-0.39, 0.29) is 29.9 Å². The van der Waals surface area contributed by atoms with Crippen LogP contribution in [0.3, 0.4) is 0 Å². The van der Waals surface area contributed by atoms with E-state index in [1.807, 2.05) is 53.7 Å². The van der Waals surface area contributed by atoms with Crippen LogP contribution >= 0.6 is 24.0 Å². The van der Waals surface area contributed by atoms with Crippen LogP contribution < -0.4 is 21.3 Å². The molecule has 0 aliphatic heterocycles. The average molecular weight is 562 g/mol. The lowest BCUT2D eigenvalue weighted by atomic mass is 9.93. The Labute approximate surface area is 209 Å². The van der Waals surface area contributed by atoms with Crippen LogP contribution in [0.1, 0.15) is 70.3 Å². The Bertz CT molecular complexity index is 741. The van der Waals surface area contributed by atoms with Crippen molar-refractivity contribution in [2.24, 2.45) is 4.99 Å². The Kier molecular flexibility index (Phi) is 13.3. The van der Waals surface area contributed by atoms with Gasteiger partial charge in [0.05, 0.1) is 12.1 Å². The van der Waals surface area contributed by atoms with Crippen molar-refractivity contribution >= 4 is 41.9 Å². The smallest absolute Gasteiger partial charge is 0.408 e. The van der Waals surface area contributed by atoms with Gasteiger partial charge in [0, 0.05) is 25.7 Å². The first-order valence-electron chi connectivity index (χ1n) is 10.9. The third kappa shape index (κ3) is 10.5. The Morgan fingerprint density at radius 3 is 2.06 bits per heavy atom. The number of carbonyl (C=O) groups is 2. The Balaban J connectivity index is 0.00000961. The van der Waals surface area contributed by atoms with Crippen molar-refractivity contribution < 1.29 is 14.3 Å². The van der Waals surface area contributed by atoms with Crippen LogP contribution in [0, 0.1) is 0 Å². The molecule has 8 nitrogen and oxygen atoms in total. The molecule has 0 atom stereocenters. The van der Waals surface area contributed by atoms with Crippen LogP contribution in [0.5, 0.6) is 0 Å². The molecule has 0 aromatic heterocycles. The number of rotatable bonds is 9. The molecule has 32 heavy (non-hydrogen) atoms. The Hall–Kier alpha value is -2.04. The van der Waals surface area contributed by atoms with E-state index in [2.05, 4.69) is 26.3 Å². The van der Waals surface area contributed by atoms with E-state index in [0.717, 1.165) is 18.4 Å². The van der Waals surface area contributed by atoms with E-state index in [9.17, 15) is 9.59 Å². The summed E-state index contributed by atoms with van der Waals surface area (Å²) in [6.07, 6.45) is 1.07. The molecule has 0 bridgehead atoms. The van der Waals surface area contributed by atoms with E-state index in [4.69, 9.17) is 4.74 Å². The lowest BCUT2D eigenvalue weighted by Gasteiger charge is -2.34. The van der Waals surface area contributed by atoms with Crippen molar-refractivity contribution in [1.29, 1.82) is 0 Å². The summed E-state index contributed by atoms with van der Waals surface area (Å²) in [5.41, 5.74) is 0.612. The van der Waals surface area contributed by atoms with Crippen LogP contribution in [0.2, 0.25) is 0 Å². The number of hydrogen-bond donors (Lipinski definition) is 4. The standard InChI is InChI=1S/C23H39N5O3.HI/c1-8-23(9-2,28-21(30)31-22(4,5)6)16-27-20(25-10-3)26-15-17-11-13-18(14-12-17)19(29)24-7;/h11-14H,8-10,15-16H2,1-7H3,(H,24,29)(H,28,30)(H2,25,26,27);1H. The van der Waals surface area contributed by atoms with E-state index < -0.39 is 17.2 Å². The minimum Gasteiger partial charge on any atom is -0.444 e. The maximum Gasteiger partial charge on any atom is 0.408 e. The van der Waals surface area contributed by atoms with Gasteiger partial charge in [-0.2, -0.15) is 0 Å². The third-order valence-corrected chi connectivity index (χ3v) is 4.92. The highest BCUT2D eigenvalue weighted by Gasteiger charge is 2.30. The molecule has 0 heterocycles. The highest BCUT2D eigenvalue weighted by molar-refractivity contribution is 14.0. The minimum absolute atomic E-state index is 0. The summed E-state index contributed by atoms with van der Waals surface area (Å²) in [5.74, 6) is 0.549. The van der Waals surface area contributed by atoms with Gasteiger partial charge in [-0.25, -0.2) is 9.79 Å². The molecule has 0 unspecified atom stereocenters. The van der Waals surface area contributed by atoms with Gasteiger partial charge in [-0.05, 0) is 58.2 Å². The molecule has 0 saturated heterocycles. The molecule has 9 heteroatoms. The molecule has 1 rings (SSSR count). The van der Waals surface area contributed by atoms with Crippen LogP contribution in [0.4, 0.5) is 4.79 Å². The summed E-state index contributed by atoms with van der Waals surface area (Å²) in [4.78, 5) is 28.6. The molecule has 182 valence electrons. The van der Waals surface area contributed by atoms with Crippen molar-refractivity contribution in [3.05, 3.63) is 35.4 Å². The summed E-state index contributed by atoms with van der Waals surface area (Å²) < 4.78 is 5.44. The highest BCUT2D eigenvalue weighted by Crippen LogP contribution is 2.16. The molecule has 0 fully saturated rings. The second-order valence-corrected chi connectivity index (χ2v) is 8.44. The number of halogens is 1. The topological polar surface area (TPSA) is 104 Å². The molecule has 1 aromatic rings. The summed E-state index contributed by atoms with van der Waals surface area (Å²) >= 11 is 0. The van der Waals surface area contributed by atoms with Gasteiger partial charge in [0.1, 0.15) is 5.60 Å². The van der Waals surface area contributed by atoms with Gasteiger partial charge in [0.15, 0.2) is 5.96 Å². The molecular formula is C23H40IN5O3. The number of hydrogen-bond acceptors (Lipinski definition) is 4. The zero-order valence-corrected chi connectivity index (χ0v) is 22.8. The number of nitrogens with one attached hydrogen (secondary N) is 4. The molecule has 0 aliphatic carbocycles. The van der Waals surface area contributed by atoms with Gasteiger partial charge >= 0.3 is 6.09 Å². The fourth-order valence-corrected chi connectivity index (χ4v) is 2.91. The number of aliphatic imine (C=N–C) groups is 1. The van der Waals surface area contributed by atoms with Crippen molar-refractivity contribution in [2.45, 2.75) is 72.1 Å². The molecule has 4 N–H and O–H groups in total. The predicted molar refractivity (Wildman–Crippen MR) is 141 cm³/mol. The maximum absolute atomic E-state index is 12.3. The Morgan fingerprint density at radius 1 is 1.00 bits per heavy atom. The monoisotopic (exact) mass is 561 g/mol. The molecule has 0 saturated carbocycles. The number of ether oxygens (including phenoxy) is 1. The normalized spacial score (nSPS) is 11.8. The number of nitrogens with zero attached hydrogens (tertiary/aromatic N) is 1. The van der Waals surface area contributed by atoms with Crippen LogP contribution in [-0.4, -0.2) is 49.2 Å². The number of carbonyl (C=O) groups excluding carboxylic acids is 2. The number of guanidine groups is 1. The fraction of sp³-hybridized carbons (Fsp3) is 0.609. The third-order valence-electron chi connectivity index (χ3n) is 4.92. The van der Waals surface area contributed by atoms with Crippen LogP contribution in [0.15, 0.2) is 29.3 Å². The predicted octanol–water partition coefficient (Wildman–Crippen LogP) is 3.80. The SMILES string of the molecule is CCNC(=NCc1ccc(C(=O)NC)cc1)NCC(CC)(CC)NC(=O)OC(C)(C)C.I. The first kappa shape index (κ1) is 30.0. The summed E-state index contributed by atoms with van der Waals surface area (Å²) in [5, 5.41) is 12.2. The van der Waals surface area contributed by atoms with E-state index in [1.54, 1.807) is 19.2 Å². The quantitative estimate of drug-likeness (QED) is 0.209. The van der Waals surface area contributed by atoms with E-state index in [0.29, 0.717) is 31.2 Å². The largest absolute Gasteiger partial charge is 0.444 e. The van der Waals surface area contributed by atoms with Gasteiger partial charge in [-0.15, -0.1) is 24.0 Å². The highest BCUT2D eigenvalue weighted by atomic mass is 127. The molecule has 0 radical (unpaired) electrons.